The third-order valence-electron chi connectivity index (χ3n) is 8.14. The van der Waals surface area contributed by atoms with Crippen molar-refractivity contribution in [2.45, 2.75) is 64.7 Å². The highest BCUT2D eigenvalue weighted by molar-refractivity contribution is 5.91. The fourth-order valence-electron chi connectivity index (χ4n) is 6.23. The van der Waals surface area contributed by atoms with Gasteiger partial charge in [0, 0.05) is 25.2 Å². The number of fused-ring (bicyclic) bond motifs is 1. The number of anilines is 1. The van der Waals surface area contributed by atoms with E-state index in [0.29, 0.717) is 25.0 Å². The molecule has 1 heterocycles. The first-order valence-corrected chi connectivity index (χ1v) is 15.4. The molecular weight excluding hydrogens is 540 g/mol. The van der Waals surface area contributed by atoms with E-state index in [1.165, 1.54) is 11.1 Å². The van der Waals surface area contributed by atoms with Crippen LogP contribution in [0.4, 0.5) is 10.5 Å². The van der Waals surface area contributed by atoms with Gasteiger partial charge in [-0.1, -0.05) is 72.8 Å². The van der Waals surface area contributed by atoms with Gasteiger partial charge in [-0.05, 0) is 74.6 Å². The van der Waals surface area contributed by atoms with E-state index in [1.807, 2.05) is 75.4 Å². The van der Waals surface area contributed by atoms with Gasteiger partial charge in [-0.15, -0.1) is 0 Å². The van der Waals surface area contributed by atoms with Crippen LogP contribution in [-0.2, 0) is 32.0 Å². The maximum atomic E-state index is 12.8. The third-order valence-corrected chi connectivity index (χ3v) is 8.14. The van der Waals surface area contributed by atoms with Crippen LogP contribution in [0.2, 0.25) is 0 Å². The summed E-state index contributed by atoms with van der Waals surface area (Å²) in [4.78, 5) is 27.1. The number of hydrogen-bond acceptors (Lipinski definition) is 6. The van der Waals surface area contributed by atoms with Gasteiger partial charge in [-0.3, -0.25) is 15.0 Å². The SMILES string of the molecule is CC(C)(C)OC(=O)CCOCCc1ccc(CN2CC3CC(OC(=O)Nc4ccccc4-c4ccccc4)CC3C2)cc1. The van der Waals surface area contributed by atoms with Crippen molar-refractivity contribution in [2.75, 3.05) is 31.6 Å². The molecule has 1 saturated carbocycles. The molecule has 0 spiro atoms. The Hall–Kier alpha value is -3.68. The van der Waals surface area contributed by atoms with Crippen molar-refractivity contribution in [1.29, 1.82) is 0 Å². The Morgan fingerprint density at radius 3 is 2.19 bits per heavy atom. The van der Waals surface area contributed by atoms with Crippen LogP contribution in [0.15, 0.2) is 78.9 Å². The molecule has 228 valence electrons. The minimum atomic E-state index is -0.460. The monoisotopic (exact) mass is 584 g/mol. The molecule has 2 fully saturated rings. The van der Waals surface area contributed by atoms with Gasteiger partial charge in [0.2, 0.25) is 0 Å². The number of nitrogens with one attached hydrogen (secondary N) is 1. The summed E-state index contributed by atoms with van der Waals surface area (Å²) in [6.07, 6.45) is 2.52. The second-order valence-corrected chi connectivity index (χ2v) is 12.8. The second-order valence-electron chi connectivity index (χ2n) is 12.8. The first kappa shape index (κ1) is 30.8. The van der Waals surface area contributed by atoms with E-state index in [4.69, 9.17) is 14.2 Å². The Bertz CT molecular complexity index is 1340. The average Bonchev–Trinajstić information content (AvgIpc) is 3.51. The van der Waals surface area contributed by atoms with Crippen LogP contribution in [0.25, 0.3) is 11.1 Å². The van der Waals surface area contributed by atoms with E-state index >= 15 is 0 Å². The molecule has 1 aliphatic heterocycles. The van der Waals surface area contributed by atoms with Gasteiger partial charge in [-0.25, -0.2) is 4.79 Å². The van der Waals surface area contributed by atoms with Crippen LogP contribution in [0.3, 0.4) is 0 Å². The van der Waals surface area contributed by atoms with Crippen LogP contribution in [0.5, 0.6) is 0 Å². The first-order chi connectivity index (χ1) is 20.7. The van der Waals surface area contributed by atoms with Crippen molar-refractivity contribution in [3.63, 3.8) is 0 Å². The summed E-state index contributed by atoms with van der Waals surface area (Å²) < 4.78 is 16.8. The standard InChI is InChI=1S/C36H44N2O5/c1-36(2,3)43-34(39)18-20-41-19-17-26-13-15-27(16-14-26)23-38-24-29-21-31(22-30(29)25-38)42-35(40)37-33-12-8-7-11-32(33)28-9-5-4-6-10-28/h4-16,29-31H,17-25H2,1-3H3,(H,37,40). The van der Waals surface area contributed by atoms with Crippen molar-refractivity contribution < 1.29 is 23.8 Å². The number of rotatable bonds is 11. The Labute approximate surface area is 255 Å². The summed E-state index contributed by atoms with van der Waals surface area (Å²) in [5.41, 5.74) is 4.88. The Balaban J connectivity index is 1.00. The Morgan fingerprint density at radius 1 is 0.837 bits per heavy atom. The van der Waals surface area contributed by atoms with Gasteiger partial charge in [-0.2, -0.15) is 0 Å². The molecule has 1 N–H and O–H groups in total. The fourth-order valence-corrected chi connectivity index (χ4v) is 6.23. The maximum absolute atomic E-state index is 12.8. The lowest BCUT2D eigenvalue weighted by molar-refractivity contribution is -0.156. The number of hydrogen-bond donors (Lipinski definition) is 1. The molecule has 3 aromatic carbocycles. The number of amides is 1. The predicted molar refractivity (Wildman–Crippen MR) is 169 cm³/mol. The molecule has 1 amide bonds. The first-order valence-electron chi connectivity index (χ1n) is 15.4. The normalized spacial score (nSPS) is 20.0. The van der Waals surface area contributed by atoms with Gasteiger partial charge >= 0.3 is 12.1 Å². The number of ether oxygens (including phenoxy) is 3. The van der Waals surface area contributed by atoms with Crippen LogP contribution in [0, 0.1) is 11.8 Å². The minimum absolute atomic E-state index is 0.0355. The molecule has 5 rings (SSSR count). The number of likely N-dealkylation sites (tertiary alicyclic amines) is 1. The molecule has 0 bridgehead atoms. The highest BCUT2D eigenvalue weighted by atomic mass is 16.6. The van der Waals surface area contributed by atoms with E-state index in [2.05, 4.69) is 34.5 Å². The summed E-state index contributed by atoms with van der Waals surface area (Å²) >= 11 is 0. The summed E-state index contributed by atoms with van der Waals surface area (Å²) in [7, 11) is 0. The number of nitrogens with zero attached hydrogens (tertiary/aromatic N) is 1. The van der Waals surface area contributed by atoms with E-state index in [0.717, 1.165) is 55.7 Å². The third kappa shape index (κ3) is 9.15. The van der Waals surface area contributed by atoms with Gasteiger partial charge < -0.3 is 14.2 Å². The van der Waals surface area contributed by atoms with Gasteiger partial charge in [0.25, 0.3) is 0 Å². The van der Waals surface area contributed by atoms with E-state index in [9.17, 15) is 9.59 Å². The molecule has 1 aliphatic carbocycles. The molecule has 43 heavy (non-hydrogen) atoms. The van der Waals surface area contributed by atoms with Gasteiger partial charge in [0.15, 0.2) is 0 Å². The molecular formula is C36H44N2O5. The zero-order valence-electron chi connectivity index (χ0n) is 25.6. The fraction of sp³-hybridized carbons (Fsp3) is 0.444. The van der Waals surface area contributed by atoms with Crippen molar-refractivity contribution in [1.82, 2.24) is 4.90 Å². The zero-order valence-corrected chi connectivity index (χ0v) is 25.6. The molecule has 3 aromatic rings. The summed E-state index contributed by atoms with van der Waals surface area (Å²) in [5.74, 6) is 0.898. The second kappa shape index (κ2) is 14.2. The van der Waals surface area contributed by atoms with Crippen LogP contribution >= 0.6 is 0 Å². The Morgan fingerprint density at radius 2 is 1.49 bits per heavy atom. The van der Waals surface area contributed by atoms with Crippen molar-refractivity contribution >= 4 is 17.7 Å². The number of benzene rings is 3. The van der Waals surface area contributed by atoms with Crippen LogP contribution < -0.4 is 5.32 Å². The van der Waals surface area contributed by atoms with E-state index in [-0.39, 0.29) is 24.6 Å². The highest BCUT2D eigenvalue weighted by Crippen LogP contribution is 2.40. The van der Waals surface area contributed by atoms with Crippen molar-refractivity contribution in [3.05, 3.63) is 90.0 Å². The lowest BCUT2D eigenvalue weighted by Crippen LogP contribution is -2.25. The quantitative estimate of drug-likeness (QED) is 0.191. The lowest BCUT2D eigenvalue weighted by atomic mass is 10.0. The smallest absolute Gasteiger partial charge is 0.411 e. The topological polar surface area (TPSA) is 77.1 Å². The summed E-state index contributed by atoms with van der Waals surface area (Å²) in [6.45, 7) is 9.57. The molecule has 0 radical (unpaired) electrons. The summed E-state index contributed by atoms with van der Waals surface area (Å²) in [5, 5.41) is 2.98. The van der Waals surface area contributed by atoms with Crippen LogP contribution in [0.1, 0.15) is 51.2 Å². The minimum Gasteiger partial charge on any atom is -0.460 e. The Kier molecular flexibility index (Phi) is 10.2. The highest BCUT2D eigenvalue weighted by Gasteiger charge is 2.42. The molecule has 7 nitrogen and oxygen atoms in total. The van der Waals surface area contributed by atoms with Crippen molar-refractivity contribution in [3.8, 4) is 11.1 Å². The number of carbonyl (C=O) groups excluding carboxylic acids is 2. The summed E-state index contributed by atoms with van der Waals surface area (Å²) in [6, 6.07) is 26.6. The maximum Gasteiger partial charge on any atom is 0.411 e. The predicted octanol–water partition coefficient (Wildman–Crippen LogP) is 7.10. The number of carbonyl (C=O) groups is 2. The molecule has 2 aliphatic rings. The molecule has 2 unspecified atom stereocenters. The van der Waals surface area contributed by atoms with E-state index in [1.54, 1.807) is 0 Å². The molecule has 2 atom stereocenters. The van der Waals surface area contributed by atoms with Crippen molar-refractivity contribution in [2.24, 2.45) is 11.8 Å². The molecule has 7 heteroatoms. The lowest BCUT2D eigenvalue weighted by Gasteiger charge is -2.20. The number of para-hydroxylation sites is 1. The number of esters is 1. The molecule has 0 aromatic heterocycles. The van der Waals surface area contributed by atoms with E-state index < -0.39 is 5.60 Å². The van der Waals surface area contributed by atoms with Gasteiger partial charge in [0.1, 0.15) is 11.7 Å². The molecule has 1 saturated heterocycles. The van der Waals surface area contributed by atoms with Gasteiger partial charge in [0.05, 0.1) is 25.3 Å². The zero-order chi connectivity index (χ0) is 30.2. The van der Waals surface area contributed by atoms with Crippen LogP contribution in [-0.4, -0.2) is 55.0 Å². The average molecular weight is 585 g/mol. The largest absolute Gasteiger partial charge is 0.460 e.